The lowest BCUT2D eigenvalue weighted by molar-refractivity contribution is -0.122. The molecule has 0 aliphatic rings. The van der Waals surface area contributed by atoms with Crippen molar-refractivity contribution in [2.24, 2.45) is 0 Å². The van der Waals surface area contributed by atoms with E-state index in [1.807, 2.05) is 52.9 Å². The second-order valence-corrected chi connectivity index (χ2v) is 6.75. The first kappa shape index (κ1) is 20.0. The van der Waals surface area contributed by atoms with E-state index in [4.69, 9.17) is 9.47 Å². The molecule has 0 aliphatic heterocycles. The van der Waals surface area contributed by atoms with Gasteiger partial charge in [0.2, 0.25) is 5.91 Å². The Hall–Kier alpha value is -2.29. The van der Waals surface area contributed by atoms with Crippen LogP contribution in [-0.2, 0) is 11.3 Å². The van der Waals surface area contributed by atoms with Gasteiger partial charge in [-0.15, -0.1) is 0 Å². The van der Waals surface area contributed by atoms with Crippen molar-refractivity contribution in [2.45, 2.75) is 19.5 Å². The fraction of sp³-hybridized carbons (Fsp3) is 0.263. The molecule has 0 bridgehead atoms. The number of hydrogen-bond donors (Lipinski definition) is 2. The van der Waals surface area contributed by atoms with E-state index in [9.17, 15) is 9.59 Å². The van der Waals surface area contributed by atoms with Gasteiger partial charge in [-0.1, -0.05) is 30.3 Å². The van der Waals surface area contributed by atoms with Crippen LogP contribution in [-0.4, -0.2) is 32.1 Å². The average molecular weight is 468 g/mol. The summed E-state index contributed by atoms with van der Waals surface area (Å²) in [4.78, 5) is 24.7. The number of hydrogen-bond acceptors (Lipinski definition) is 4. The normalized spacial score (nSPS) is 11.4. The van der Waals surface area contributed by atoms with Gasteiger partial charge < -0.3 is 20.1 Å². The quantitative estimate of drug-likeness (QED) is 0.613. The molecule has 2 N–H and O–H groups in total. The Morgan fingerprint density at radius 2 is 1.69 bits per heavy atom. The van der Waals surface area contributed by atoms with Gasteiger partial charge in [0.1, 0.15) is 6.04 Å². The maximum absolute atomic E-state index is 12.5. The molecule has 0 aliphatic carbocycles. The zero-order chi connectivity index (χ0) is 19.1. The molecule has 0 saturated carbocycles. The van der Waals surface area contributed by atoms with Crippen LogP contribution in [0.1, 0.15) is 22.8 Å². The number of amides is 2. The highest BCUT2D eigenvalue weighted by Gasteiger charge is 2.20. The molecule has 1 unspecified atom stereocenters. The summed E-state index contributed by atoms with van der Waals surface area (Å²) in [5, 5.41) is 5.52. The number of rotatable bonds is 7. The number of nitrogens with one attached hydrogen (secondary N) is 2. The third-order valence-corrected chi connectivity index (χ3v) is 4.66. The van der Waals surface area contributed by atoms with Gasteiger partial charge in [0.15, 0.2) is 11.5 Å². The number of carbonyl (C=O) groups excluding carboxylic acids is 2. The summed E-state index contributed by atoms with van der Waals surface area (Å²) in [6.45, 7) is 2.06. The maximum atomic E-state index is 12.5. The average Bonchev–Trinajstić information content (AvgIpc) is 2.66. The third kappa shape index (κ3) is 5.10. The monoisotopic (exact) mass is 468 g/mol. The second-order valence-electron chi connectivity index (χ2n) is 5.59. The van der Waals surface area contributed by atoms with Gasteiger partial charge in [0.25, 0.3) is 5.91 Å². The fourth-order valence-electron chi connectivity index (χ4n) is 2.31. The zero-order valence-electron chi connectivity index (χ0n) is 14.8. The highest BCUT2D eigenvalue weighted by atomic mass is 127. The van der Waals surface area contributed by atoms with Crippen molar-refractivity contribution in [3.63, 3.8) is 0 Å². The Kier molecular flexibility index (Phi) is 7.26. The molecule has 6 nitrogen and oxygen atoms in total. The predicted molar refractivity (Wildman–Crippen MR) is 107 cm³/mol. The van der Waals surface area contributed by atoms with Crippen LogP contribution in [0.2, 0.25) is 0 Å². The zero-order valence-corrected chi connectivity index (χ0v) is 17.0. The van der Waals surface area contributed by atoms with Crippen molar-refractivity contribution in [1.82, 2.24) is 10.6 Å². The maximum Gasteiger partial charge on any atom is 0.253 e. The van der Waals surface area contributed by atoms with Gasteiger partial charge in [0, 0.05) is 10.1 Å². The number of benzene rings is 2. The molecule has 0 heterocycles. The first-order valence-electron chi connectivity index (χ1n) is 8.00. The van der Waals surface area contributed by atoms with E-state index in [1.165, 1.54) is 14.2 Å². The predicted octanol–water partition coefficient (Wildman–Crippen LogP) is 2.74. The number of methoxy groups -OCH3 is 2. The summed E-state index contributed by atoms with van der Waals surface area (Å²) >= 11 is 2.05. The topological polar surface area (TPSA) is 76.7 Å². The summed E-state index contributed by atoms with van der Waals surface area (Å²) in [6.07, 6.45) is 0. The van der Waals surface area contributed by atoms with Gasteiger partial charge in [-0.2, -0.15) is 0 Å². The Morgan fingerprint density at radius 3 is 2.31 bits per heavy atom. The molecule has 0 saturated heterocycles. The molecule has 0 radical (unpaired) electrons. The van der Waals surface area contributed by atoms with E-state index < -0.39 is 6.04 Å². The number of carbonyl (C=O) groups is 2. The lowest BCUT2D eigenvalue weighted by atomic mass is 10.1. The summed E-state index contributed by atoms with van der Waals surface area (Å²) < 4.78 is 11.2. The lowest BCUT2D eigenvalue weighted by Gasteiger charge is -2.16. The van der Waals surface area contributed by atoms with Gasteiger partial charge in [0.05, 0.1) is 19.8 Å². The van der Waals surface area contributed by atoms with E-state index in [-0.39, 0.29) is 11.8 Å². The van der Waals surface area contributed by atoms with Gasteiger partial charge in [-0.25, -0.2) is 0 Å². The number of ether oxygens (including phenoxy) is 2. The minimum absolute atomic E-state index is 0.252. The van der Waals surface area contributed by atoms with Crippen molar-refractivity contribution < 1.29 is 19.1 Å². The molecule has 26 heavy (non-hydrogen) atoms. The van der Waals surface area contributed by atoms with Crippen LogP contribution in [0.4, 0.5) is 0 Å². The molecule has 2 rings (SSSR count). The van der Waals surface area contributed by atoms with Crippen LogP contribution in [0, 0.1) is 3.57 Å². The molecule has 7 heteroatoms. The summed E-state index contributed by atoms with van der Waals surface area (Å²) in [6, 6.07) is 12.2. The Balaban J connectivity index is 2.01. The minimum Gasteiger partial charge on any atom is -0.493 e. The molecule has 1 atom stereocenters. The smallest absolute Gasteiger partial charge is 0.253 e. The summed E-state index contributed by atoms with van der Waals surface area (Å²) in [7, 11) is 3.04. The van der Waals surface area contributed by atoms with Crippen molar-refractivity contribution in [1.29, 1.82) is 0 Å². The number of halogens is 1. The van der Waals surface area contributed by atoms with Crippen molar-refractivity contribution in [3.8, 4) is 11.5 Å². The highest BCUT2D eigenvalue weighted by Crippen LogP contribution is 2.31. The first-order chi connectivity index (χ1) is 12.5. The first-order valence-corrected chi connectivity index (χ1v) is 9.08. The SMILES string of the molecule is COc1cc(I)c(C(=O)NC(C)C(=O)NCc2ccccc2)cc1OC. The molecule has 0 aromatic heterocycles. The molecule has 0 fully saturated rings. The largest absolute Gasteiger partial charge is 0.493 e. The molecule has 0 spiro atoms. The van der Waals surface area contributed by atoms with Crippen LogP contribution < -0.4 is 20.1 Å². The highest BCUT2D eigenvalue weighted by molar-refractivity contribution is 14.1. The molecule has 2 aromatic carbocycles. The molecule has 138 valence electrons. The lowest BCUT2D eigenvalue weighted by Crippen LogP contribution is -2.44. The molecule has 2 aromatic rings. The van der Waals surface area contributed by atoms with Crippen LogP contribution >= 0.6 is 22.6 Å². The summed E-state index contributed by atoms with van der Waals surface area (Å²) in [5.74, 6) is 0.400. The Bertz CT molecular complexity index is 781. The molecular weight excluding hydrogens is 447 g/mol. The van der Waals surface area contributed by atoms with E-state index >= 15 is 0 Å². The van der Waals surface area contributed by atoms with Crippen LogP contribution in [0.25, 0.3) is 0 Å². The van der Waals surface area contributed by atoms with Crippen molar-refractivity contribution in [3.05, 3.63) is 57.2 Å². The van der Waals surface area contributed by atoms with Crippen LogP contribution in [0.3, 0.4) is 0 Å². The van der Waals surface area contributed by atoms with Gasteiger partial charge in [-0.3, -0.25) is 9.59 Å². The van der Waals surface area contributed by atoms with E-state index in [0.29, 0.717) is 27.2 Å². The van der Waals surface area contributed by atoms with Crippen molar-refractivity contribution in [2.75, 3.05) is 14.2 Å². The fourth-order valence-corrected chi connectivity index (χ4v) is 2.99. The van der Waals surface area contributed by atoms with Gasteiger partial charge >= 0.3 is 0 Å². The van der Waals surface area contributed by atoms with E-state index in [0.717, 1.165) is 5.56 Å². The van der Waals surface area contributed by atoms with E-state index in [2.05, 4.69) is 10.6 Å². The Labute approximate surface area is 166 Å². The van der Waals surface area contributed by atoms with Gasteiger partial charge in [-0.05, 0) is 47.2 Å². The Morgan fingerprint density at radius 1 is 1.08 bits per heavy atom. The molecule has 2 amide bonds. The minimum atomic E-state index is -0.671. The van der Waals surface area contributed by atoms with Crippen LogP contribution in [0.5, 0.6) is 11.5 Å². The van der Waals surface area contributed by atoms with Crippen molar-refractivity contribution >= 4 is 34.4 Å². The standard InChI is InChI=1S/C19H21IN2O4/c1-12(18(23)21-11-13-7-5-4-6-8-13)22-19(24)14-9-16(25-2)17(26-3)10-15(14)20/h4-10,12H,11H2,1-3H3,(H,21,23)(H,22,24). The second kappa shape index (κ2) is 9.42. The molecular formula is C19H21IN2O4. The third-order valence-electron chi connectivity index (χ3n) is 3.77. The van der Waals surface area contributed by atoms with Crippen LogP contribution in [0.15, 0.2) is 42.5 Å². The summed E-state index contributed by atoms with van der Waals surface area (Å²) in [5.41, 5.74) is 1.42. The van der Waals surface area contributed by atoms with E-state index in [1.54, 1.807) is 19.1 Å².